The van der Waals surface area contributed by atoms with Gasteiger partial charge in [-0.1, -0.05) is 51.3 Å². The minimum Gasteiger partial charge on any atom is -0.493 e. The zero-order valence-electron chi connectivity index (χ0n) is 16.9. The van der Waals surface area contributed by atoms with Crippen LogP contribution >= 0.6 is 51.5 Å². The number of thiocarbonyl (C=S) groups is 1. The van der Waals surface area contributed by atoms with E-state index in [1.807, 2.05) is 6.92 Å². The number of carbonyl (C=O) groups excluding carboxylic acids is 2. The second kappa shape index (κ2) is 10.4. The van der Waals surface area contributed by atoms with Gasteiger partial charge in [0.1, 0.15) is 6.61 Å². The number of benzene rings is 2. The number of amides is 2. The molecule has 0 aromatic heterocycles. The summed E-state index contributed by atoms with van der Waals surface area (Å²) >= 11 is 15.9. The van der Waals surface area contributed by atoms with Crippen LogP contribution in [-0.4, -0.2) is 34.9 Å². The smallest absolute Gasteiger partial charge is 0.285 e. The van der Waals surface area contributed by atoms with Crippen molar-refractivity contribution in [1.82, 2.24) is 10.4 Å². The van der Waals surface area contributed by atoms with Crippen LogP contribution in [-0.2, 0) is 4.79 Å². The zero-order valence-corrected chi connectivity index (χ0v) is 20.9. The normalized spacial score (nSPS) is 14.5. The number of carbonyl (C=O) groups is 2. The highest BCUT2D eigenvalue weighted by Gasteiger charge is 2.34. The molecule has 0 aliphatic carbocycles. The quantitative estimate of drug-likeness (QED) is 0.310. The Kier molecular flexibility index (Phi) is 7.85. The molecule has 3 rings (SSSR count). The van der Waals surface area contributed by atoms with Crippen LogP contribution in [0.25, 0.3) is 6.08 Å². The van der Waals surface area contributed by atoms with Crippen molar-refractivity contribution >= 4 is 73.7 Å². The van der Waals surface area contributed by atoms with Gasteiger partial charge in [-0.25, -0.2) is 0 Å². The van der Waals surface area contributed by atoms with E-state index in [1.54, 1.807) is 36.4 Å². The first kappa shape index (κ1) is 24.1. The number of nitrogens with zero attached hydrogens (tertiary/aromatic N) is 1. The monoisotopic (exact) mass is 550 g/mol. The molecule has 0 radical (unpaired) electrons. The summed E-state index contributed by atoms with van der Waals surface area (Å²) in [7, 11) is 1.50. The standard InChI is InChI=1S/C22H16BrClN2O4S2/c1-4-7-30-19-13(9-14(23)11-17(19)29-3)10-18-21(28)26(22(31)32-18)25-20(27)15-6-5-12(2)8-16(15)24/h1,5-6,8-11H,7H2,2-3H3,(H,25,27)/b18-10+. The number of methoxy groups -OCH3 is 1. The van der Waals surface area contributed by atoms with Crippen LogP contribution in [0.5, 0.6) is 11.5 Å². The van der Waals surface area contributed by atoms with Crippen molar-refractivity contribution in [2.45, 2.75) is 6.92 Å². The highest BCUT2D eigenvalue weighted by Crippen LogP contribution is 2.39. The maximum absolute atomic E-state index is 13.0. The van der Waals surface area contributed by atoms with Gasteiger partial charge in [-0.15, -0.1) is 6.42 Å². The van der Waals surface area contributed by atoms with Crippen LogP contribution in [0, 0.1) is 19.3 Å². The first-order valence-corrected chi connectivity index (χ1v) is 11.4. The summed E-state index contributed by atoms with van der Waals surface area (Å²) in [5.41, 5.74) is 4.22. The van der Waals surface area contributed by atoms with E-state index < -0.39 is 11.8 Å². The number of aryl methyl sites for hydroxylation is 1. The summed E-state index contributed by atoms with van der Waals surface area (Å²) in [5.74, 6) is 2.19. The summed E-state index contributed by atoms with van der Waals surface area (Å²) < 4.78 is 11.9. The number of thioether (sulfide) groups is 1. The Morgan fingerprint density at radius 1 is 1.41 bits per heavy atom. The Bertz CT molecular complexity index is 1190. The van der Waals surface area contributed by atoms with Crippen LogP contribution in [0.3, 0.4) is 0 Å². The third-order valence-electron chi connectivity index (χ3n) is 4.23. The Balaban J connectivity index is 1.89. The fraction of sp³-hybridized carbons (Fsp3) is 0.136. The van der Waals surface area contributed by atoms with Crippen molar-refractivity contribution in [2.24, 2.45) is 0 Å². The van der Waals surface area contributed by atoms with Crippen molar-refractivity contribution in [3.63, 3.8) is 0 Å². The fourth-order valence-corrected chi connectivity index (χ4v) is 4.73. The second-order valence-electron chi connectivity index (χ2n) is 6.46. The molecule has 1 heterocycles. The van der Waals surface area contributed by atoms with E-state index in [9.17, 15) is 9.59 Å². The lowest BCUT2D eigenvalue weighted by Gasteiger charge is -2.16. The number of hydrogen-bond donors (Lipinski definition) is 1. The van der Waals surface area contributed by atoms with Crippen molar-refractivity contribution in [3.05, 3.63) is 61.4 Å². The van der Waals surface area contributed by atoms with Gasteiger partial charge in [0.2, 0.25) is 0 Å². The van der Waals surface area contributed by atoms with E-state index in [0.29, 0.717) is 21.5 Å². The highest BCUT2D eigenvalue weighted by molar-refractivity contribution is 9.10. The Morgan fingerprint density at radius 3 is 2.81 bits per heavy atom. The predicted octanol–water partition coefficient (Wildman–Crippen LogP) is 4.98. The molecule has 2 amide bonds. The second-order valence-corrected chi connectivity index (χ2v) is 9.46. The van der Waals surface area contributed by atoms with Crippen LogP contribution in [0.1, 0.15) is 21.5 Å². The van der Waals surface area contributed by atoms with E-state index in [1.165, 1.54) is 7.11 Å². The average molecular weight is 552 g/mol. The molecular weight excluding hydrogens is 536 g/mol. The Morgan fingerprint density at radius 2 is 2.16 bits per heavy atom. The average Bonchev–Trinajstić information content (AvgIpc) is 2.99. The van der Waals surface area contributed by atoms with Crippen LogP contribution in [0.15, 0.2) is 39.7 Å². The van der Waals surface area contributed by atoms with Crippen LogP contribution in [0.4, 0.5) is 0 Å². The number of halogens is 2. The zero-order chi connectivity index (χ0) is 23.4. The van der Waals surface area contributed by atoms with E-state index in [4.69, 9.17) is 39.7 Å². The number of hydrogen-bond acceptors (Lipinski definition) is 6. The number of terminal acetylenes is 1. The lowest BCUT2D eigenvalue weighted by molar-refractivity contribution is -0.123. The van der Waals surface area contributed by atoms with Gasteiger partial charge >= 0.3 is 0 Å². The molecule has 0 unspecified atom stereocenters. The molecule has 2 aromatic carbocycles. The van der Waals surface area contributed by atoms with Gasteiger partial charge in [0.25, 0.3) is 11.8 Å². The molecule has 1 aliphatic rings. The largest absolute Gasteiger partial charge is 0.493 e. The Labute approximate surface area is 208 Å². The SMILES string of the molecule is C#CCOc1c(/C=C2/SC(=S)N(NC(=O)c3ccc(C)cc3Cl)C2=O)cc(Br)cc1OC. The van der Waals surface area contributed by atoms with Crippen molar-refractivity contribution in [1.29, 1.82) is 0 Å². The summed E-state index contributed by atoms with van der Waals surface area (Å²) in [6.45, 7) is 1.88. The number of ether oxygens (including phenoxy) is 2. The maximum atomic E-state index is 13.0. The summed E-state index contributed by atoms with van der Waals surface area (Å²) in [4.78, 5) is 25.9. The van der Waals surface area contributed by atoms with Crippen LogP contribution in [0.2, 0.25) is 5.02 Å². The Hall–Kier alpha value is -2.51. The third kappa shape index (κ3) is 5.27. The summed E-state index contributed by atoms with van der Waals surface area (Å²) in [6.07, 6.45) is 6.91. The number of nitrogens with one attached hydrogen (secondary N) is 1. The molecule has 6 nitrogen and oxygen atoms in total. The van der Waals surface area contributed by atoms with Gasteiger partial charge in [0, 0.05) is 10.0 Å². The van der Waals surface area contributed by atoms with Crippen molar-refractivity contribution in [2.75, 3.05) is 13.7 Å². The highest BCUT2D eigenvalue weighted by atomic mass is 79.9. The molecule has 32 heavy (non-hydrogen) atoms. The molecule has 0 bridgehead atoms. The minimum atomic E-state index is -0.547. The predicted molar refractivity (Wildman–Crippen MR) is 134 cm³/mol. The molecule has 0 atom stereocenters. The maximum Gasteiger partial charge on any atom is 0.285 e. The topological polar surface area (TPSA) is 67.9 Å². The van der Waals surface area contributed by atoms with E-state index >= 15 is 0 Å². The van der Waals surface area contributed by atoms with Gasteiger partial charge in [0.05, 0.1) is 22.6 Å². The first-order chi connectivity index (χ1) is 15.2. The van der Waals surface area contributed by atoms with Gasteiger partial charge in [-0.3, -0.25) is 15.0 Å². The van der Waals surface area contributed by atoms with Gasteiger partial charge in [0.15, 0.2) is 15.8 Å². The number of hydrazine groups is 1. The summed E-state index contributed by atoms with van der Waals surface area (Å²) in [5, 5.41) is 1.29. The third-order valence-corrected chi connectivity index (χ3v) is 6.30. The molecule has 1 fully saturated rings. The molecule has 0 saturated carbocycles. The fourth-order valence-electron chi connectivity index (χ4n) is 2.79. The minimum absolute atomic E-state index is 0.0210. The van der Waals surface area contributed by atoms with Gasteiger partial charge in [-0.2, -0.15) is 5.01 Å². The molecule has 1 aliphatic heterocycles. The number of rotatable bonds is 6. The lowest BCUT2D eigenvalue weighted by atomic mass is 10.1. The van der Waals surface area contributed by atoms with E-state index in [0.717, 1.165) is 22.3 Å². The van der Waals surface area contributed by atoms with Gasteiger partial charge in [-0.05, 0) is 55.0 Å². The van der Waals surface area contributed by atoms with Crippen molar-refractivity contribution in [3.8, 4) is 23.8 Å². The summed E-state index contributed by atoms with van der Waals surface area (Å²) in [6, 6.07) is 8.48. The molecule has 164 valence electrons. The van der Waals surface area contributed by atoms with E-state index in [-0.39, 0.29) is 26.4 Å². The molecule has 0 spiro atoms. The molecule has 2 aromatic rings. The van der Waals surface area contributed by atoms with Crippen molar-refractivity contribution < 1.29 is 19.1 Å². The molecular formula is C22H16BrClN2O4S2. The van der Waals surface area contributed by atoms with Gasteiger partial charge < -0.3 is 9.47 Å². The van der Waals surface area contributed by atoms with Crippen LogP contribution < -0.4 is 14.9 Å². The first-order valence-electron chi connectivity index (χ1n) is 9.04. The molecule has 1 N–H and O–H groups in total. The molecule has 1 saturated heterocycles. The lowest BCUT2D eigenvalue weighted by Crippen LogP contribution is -2.44. The molecule has 10 heteroatoms. The van der Waals surface area contributed by atoms with E-state index in [2.05, 4.69) is 27.3 Å².